The van der Waals surface area contributed by atoms with Crippen LogP contribution in [0.15, 0.2) is 22.0 Å². The van der Waals surface area contributed by atoms with E-state index >= 15 is 0 Å². The third-order valence-corrected chi connectivity index (χ3v) is 3.92. The second-order valence-corrected chi connectivity index (χ2v) is 6.23. The van der Waals surface area contributed by atoms with Crippen molar-refractivity contribution in [1.29, 1.82) is 0 Å². The molecule has 0 aliphatic carbocycles. The van der Waals surface area contributed by atoms with E-state index in [1.165, 1.54) is 17.4 Å². The fourth-order valence-electron chi connectivity index (χ4n) is 1.57. The molecular formula is C12H6BrF3OS. The molecule has 94 valence electrons. The summed E-state index contributed by atoms with van der Waals surface area (Å²) in [5.41, 5.74) is -0.527. The zero-order valence-electron chi connectivity index (χ0n) is 9.06. The van der Waals surface area contributed by atoms with Crippen LogP contribution in [0, 0.1) is 24.4 Å². The van der Waals surface area contributed by atoms with Crippen molar-refractivity contribution in [3.05, 3.63) is 55.4 Å². The van der Waals surface area contributed by atoms with Gasteiger partial charge in [-0.15, -0.1) is 11.3 Å². The Hall–Kier alpha value is -1.14. The van der Waals surface area contributed by atoms with Crippen LogP contribution in [0.4, 0.5) is 13.2 Å². The van der Waals surface area contributed by atoms with Gasteiger partial charge in [-0.05, 0) is 28.9 Å². The van der Waals surface area contributed by atoms with Crippen molar-refractivity contribution >= 4 is 33.0 Å². The molecule has 0 amide bonds. The molecule has 0 radical (unpaired) electrons. The summed E-state index contributed by atoms with van der Waals surface area (Å²) in [5, 5.41) is 0. The predicted octanol–water partition coefficient (Wildman–Crippen LogP) is 4.47. The fraction of sp³-hybridized carbons (Fsp3) is 0.0833. The van der Waals surface area contributed by atoms with E-state index in [0.29, 0.717) is 20.8 Å². The van der Waals surface area contributed by atoms with Crippen LogP contribution in [0.5, 0.6) is 0 Å². The van der Waals surface area contributed by atoms with Crippen LogP contribution in [-0.4, -0.2) is 5.78 Å². The van der Waals surface area contributed by atoms with Gasteiger partial charge in [0, 0.05) is 22.6 Å². The van der Waals surface area contributed by atoms with Gasteiger partial charge in [0.05, 0.1) is 9.35 Å². The molecule has 0 bridgehead atoms. The Morgan fingerprint density at radius 2 is 1.72 bits per heavy atom. The number of carbonyl (C=O) groups is 1. The van der Waals surface area contributed by atoms with Crippen molar-refractivity contribution < 1.29 is 18.0 Å². The smallest absolute Gasteiger partial charge is 0.200 e. The van der Waals surface area contributed by atoms with E-state index in [-0.39, 0.29) is 5.56 Å². The van der Waals surface area contributed by atoms with Gasteiger partial charge in [0.25, 0.3) is 0 Å². The number of carbonyl (C=O) groups excluding carboxylic acids is 1. The first-order valence-corrected chi connectivity index (χ1v) is 6.46. The normalized spacial score (nSPS) is 10.7. The highest BCUT2D eigenvalue weighted by atomic mass is 79.9. The van der Waals surface area contributed by atoms with Crippen molar-refractivity contribution in [2.75, 3.05) is 0 Å². The van der Waals surface area contributed by atoms with Gasteiger partial charge in [-0.1, -0.05) is 0 Å². The van der Waals surface area contributed by atoms with Crippen molar-refractivity contribution in [3.63, 3.8) is 0 Å². The van der Waals surface area contributed by atoms with E-state index in [2.05, 4.69) is 15.9 Å². The average molecular weight is 335 g/mol. The molecule has 0 saturated carbocycles. The lowest BCUT2D eigenvalue weighted by Crippen LogP contribution is -2.08. The highest BCUT2D eigenvalue weighted by molar-refractivity contribution is 9.11. The minimum atomic E-state index is -1.20. The molecular weight excluding hydrogens is 329 g/mol. The molecule has 1 aromatic heterocycles. The van der Waals surface area contributed by atoms with Crippen molar-refractivity contribution in [2.45, 2.75) is 6.92 Å². The number of hydrogen-bond donors (Lipinski definition) is 0. The third-order valence-electron chi connectivity index (χ3n) is 2.37. The summed E-state index contributed by atoms with van der Waals surface area (Å²) >= 11 is 4.48. The quantitative estimate of drug-likeness (QED) is 0.740. The van der Waals surface area contributed by atoms with E-state index in [9.17, 15) is 18.0 Å². The molecule has 1 heterocycles. The summed E-state index contributed by atoms with van der Waals surface area (Å²) in [5.74, 6) is -4.23. The van der Waals surface area contributed by atoms with Crippen LogP contribution in [0.3, 0.4) is 0 Å². The molecule has 6 heteroatoms. The van der Waals surface area contributed by atoms with Crippen molar-refractivity contribution in [1.82, 2.24) is 0 Å². The highest BCUT2D eigenvalue weighted by Crippen LogP contribution is 2.29. The Morgan fingerprint density at radius 1 is 1.17 bits per heavy atom. The molecule has 0 unspecified atom stereocenters. The monoisotopic (exact) mass is 334 g/mol. The number of hydrogen-bond acceptors (Lipinski definition) is 2. The highest BCUT2D eigenvalue weighted by Gasteiger charge is 2.22. The van der Waals surface area contributed by atoms with E-state index in [1.807, 2.05) is 0 Å². The Labute approximate surface area is 113 Å². The molecule has 1 nitrogen and oxygen atoms in total. The molecule has 1 aromatic carbocycles. The number of aryl methyl sites for hydroxylation is 1. The number of rotatable bonds is 2. The number of benzene rings is 1. The molecule has 0 aliphatic heterocycles. The van der Waals surface area contributed by atoms with Crippen LogP contribution >= 0.6 is 27.3 Å². The third kappa shape index (κ3) is 2.35. The van der Waals surface area contributed by atoms with Gasteiger partial charge in [-0.2, -0.15) is 0 Å². The molecule has 2 aromatic rings. The summed E-state index contributed by atoms with van der Waals surface area (Å²) in [4.78, 5) is 12.7. The first kappa shape index (κ1) is 13.3. The zero-order chi connectivity index (χ0) is 13.4. The Bertz CT molecular complexity index is 613. The number of halogens is 4. The van der Waals surface area contributed by atoms with Gasteiger partial charge < -0.3 is 0 Å². The van der Waals surface area contributed by atoms with Crippen molar-refractivity contribution in [2.24, 2.45) is 0 Å². The van der Waals surface area contributed by atoms with Crippen LogP contribution in [0.2, 0.25) is 0 Å². The van der Waals surface area contributed by atoms with E-state index in [1.54, 1.807) is 6.92 Å². The topological polar surface area (TPSA) is 17.1 Å². The van der Waals surface area contributed by atoms with E-state index in [0.717, 1.165) is 0 Å². The lowest BCUT2D eigenvalue weighted by atomic mass is 10.0. The van der Waals surface area contributed by atoms with Gasteiger partial charge in [-0.3, -0.25) is 4.79 Å². The largest absolute Gasteiger partial charge is 0.288 e. The molecule has 0 saturated heterocycles. The molecule has 0 spiro atoms. The lowest BCUT2D eigenvalue weighted by Gasteiger charge is -2.04. The van der Waals surface area contributed by atoms with Gasteiger partial charge in [0.15, 0.2) is 5.78 Å². The van der Waals surface area contributed by atoms with E-state index in [4.69, 9.17) is 0 Å². The molecule has 0 aliphatic rings. The van der Waals surface area contributed by atoms with Gasteiger partial charge in [0.2, 0.25) is 0 Å². The van der Waals surface area contributed by atoms with Gasteiger partial charge in [0.1, 0.15) is 17.5 Å². The van der Waals surface area contributed by atoms with Crippen LogP contribution < -0.4 is 0 Å². The first-order chi connectivity index (χ1) is 8.40. The average Bonchev–Trinajstić information content (AvgIpc) is 2.56. The van der Waals surface area contributed by atoms with Crippen LogP contribution in [-0.2, 0) is 0 Å². The van der Waals surface area contributed by atoms with Gasteiger partial charge in [-0.25, -0.2) is 13.2 Å². The molecule has 0 fully saturated rings. The minimum Gasteiger partial charge on any atom is -0.288 e. The fourth-order valence-corrected chi connectivity index (χ4v) is 3.25. The summed E-state index contributed by atoms with van der Waals surface area (Å²) in [6, 6.07) is 2.48. The van der Waals surface area contributed by atoms with Crippen LogP contribution in [0.1, 0.15) is 20.8 Å². The second kappa shape index (κ2) is 4.85. The summed E-state index contributed by atoms with van der Waals surface area (Å²) in [7, 11) is 0. The maximum Gasteiger partial charge on any atom is 0.200 e. The second-order valence-electron chi connectivity index (χ2n) is 3.59. The molecule has 18 heavy (non-hydrogen) atoms. The first-order valence-electron chi connectivity index (χ1n) is 4.85. The maximum atomic E-state index is 13.5. The molecule has 0 N–H and O–H groups in total. The summed E-state index contributed by atoms with van der Waals surface area (Å²) in [6.45, 7) is 1.67. The Kier molecular flexibility index (Phi) is 3.59. The standard InChI is InChI=1S/C12H6BrF3OS/c1-5-7(4-10(13)18-5)12(17)11-8(15)2-6(14)3-9(11)16/h2-4H,1H3. The lowest BCUT2D eigenvalue weighted by molar-refractivity contribution is 0.103. The minimum absolute atomic E-state index is 0.205. The SMILES string of the molecule is Cc1sc(Br)cc1C(=O)c1c(F)cc(F)cc1F. The van der Waals surface area contributed by atoms with Gasteiger partial charge >= 0.3 is 0 Å². The maximum absolute atomic E-state index is 13.5. The molecule has 2 rings (SSSR count). The number of thiophene rings is 1. The molecule has 0 atom stereocenters. The Balaban J connectivity index is 2.56. The van der Waals surface area contributed by atoms with Crippen LogP contribution in [0.25, 0.3) is 0 Å². The zero-order valence-corrected chi connectivity index (χ0v) is 11.5. The summed E-state index contributed by atoms with van der Waals surface area (Å²) < 4.78 is 40.4. The predicted molar refractivity (Wildman–Crippen MR) is 66.5 cm³/mol. The van der Waals surface area contributed by atoms with Crippen molar-refractivity contribution in [3.8, 4) is 0 Å². The number of ketones is 1. The van der Waals surface area contributed by atoms with E-state index < -0.39 is 28.8 Å². The Morgan fingerprint density at radius 3 is 2.17 bits per heavy atom. The summed E-state index contributed by atoms with van der Waals surface area (Å²) in [6.07, 6.45) is 0.